The molecule has 2 nitrogen and oxygen atoms in total. The van der Waals surface area contributed by atoms with Crippen LogP contribution in [0.2, 0.25) is 0 Å². The van der Waals surface area contributed by atoms with Crippen LogP contribution >= 0.6 is 0 Å². The van der Waals surface area contributed by atoms with Crippen LogP contribution in [0.1, 0.15) is 27.2 Å². The molecule has 3 heteroatoms. The zero-order valence-corrected chi connectivity index (χ0v) is 7.91. The molecule has 2 aliphatic rings. The largest absolute Gasteiger partial charge is 0.376 e. The second-order valence-corrected chi connectivity index (χ2v) is 3.92. The highest BCUT2D eigenvalue weighted by Crippen LogP contribution is 2.49. The average Bonchev–Trinajstić information content (AvgIpc) is 2.41. The zero-order valence-electron chi connectivity index (χ0n) is 7.91. The maximum Gasteiger partial charge on any atom is 0.112 e. The Morgan fingerprint density at radius 1 is 1.42 bits per heavy atom. The van der Waals surface area contributed by atoms with Crippen molar-refractivity contribution in [2.75, 3.05) is 0 Å². The van der Waals surface area contributed by atoms with Gasteiger partial charge in [-0.05, 0) is 13.3 Å². The Morgan fingerprint density at radius 2 is 2.08 bits per heavy atom. The molecule has 0 aromatic rings. The summed E-state index contributed by atoms with van der Waals surface area (Å²) in [7, 11) is 5.79. The van der Waals surface area contributed by atoms with Gasteiger partial charge < -0.3 is 9.47 Å². The lowest BCUT2D eigenvalue weighted by Gasteiger charge is -2.35. The second kappa shape index (κ2) is 2.49. The minimum Gasteiger partial charge on any atom is -0.376 e. The molecule has 0 aromatic carbocycles. The van der Waals surface area contributed by atoms with Gasteiger partial charge in [-0.15, -0.1) is 0 Å². The van der Waals surface area contributed by atoms with Crippen LogP contribution in [0.15, 0.2) is 0 Å². The van der Waals surface area contributed by atoms with Crippen LogP contribution in [0.5, 0.6) is 0 Å². The summed E-state index contributed by atoms with van der Waals surface area (Å²) in [5.74, 6) is 0.437. The van der Waals surface area contributed by atoms with Crippen molar-refractivity contribution in [3.63, 3.8) is 0 Å². The molecule has 66 valence electrons. The maximum atomic E-state index is 5.79. The normalized spacial score (nSPS) is 57.9. The Kier molecular flexibility index (Phi) is 1.78. The van der Waals surface area contributed by atoms with E-state index < -0.39 is 0 Å². The van der Waals surface area contributed by atoms with Crippen molar-refractivity contribution in [2.45, 2.75) is 51.0 Å². The average molecular weight is 166 g/mol. The molecular weight excluding hydrogens is 151 g/mol. The fourth-order valence-corrected chi connectivity index (χ4v) is 2.70. The third-order valence-corrected chi connectivity index (χ3v) is 3.54. The molecule has 1 unspecified atom stereocenters. The minimum absolute atomic E-state index is 0.107. The fourth-order valence-electron chi connectivity index (χ4n) is 2.70. The monoisotopic (exact) mass is 166 g/mol. The van der Waals surface area contributed by atoms with E-state index in [-0.39, 0.29) is 23.8 Å². The highest BCUT2D eigenvalue weighted by atomic mass is 16.6. The predicted octanol–water partition coefficient (Wildman–Crippen LogP) is 1.08. The van der Waals surface area contributed by atoms with Gasteiger partial charge >= 0.3 is 0 Å². The molecule has 2 saturated heterocycles. The molecule has 0 spiro atoms. The lowest BCUT2D eigenvalue weighted by atomic mass is 9.82. The first-order chi connectivity index (χ1) is 5.62. The van der Waals surface area contributed by atoms with Gasteiger partial charge in [0.25, 0.3) is 0 Å². The highest BCUT2D eigenvalue weighted by Gasteiger charge is 2.60. The van der Waals surface area contributed by atoms with Crippen LogP contribution in [-0.4, -0.2) is 31.7 Å². The Labute approximate surface area is 75.0 Å². The number of fused-ring (bicyclic) bond motifs is 2. The van der Waals surface area contributed by atoms with Crippen LogP contribution in [-0.2, 0) is 9.47 Å². The summed E-state index contributed by atoms with van der Waals surface area (Å²) < 4.78 is 11.5. The van der Waals surface area contributed by atoms with Gasteiger partial charge in [-0.1, -0.05) is 13.8 Å². The second-order valence-electron chi connectivity index (χ2n) is 3.92. The Bertz CT molecular complexity index is 197. The van der Waals surface area contributed by atoms with Gasteiger partial charge in [0, 0.05) is 11.9 Å². The van der Waals surface area contributed by atoms with Crippen molar-refractivity contribution in [2.24, 2.45) is 5.92 Å². The molecule has 2 rings (SSSR count). The van der Waals surface area contributed by atoms with E-state index in [1.165, 1.54) is 0 Å². The first kappa shape index (κ1) is 8.58. The molecule has 12 heavy (non-hydrogen) atoms. The van der Waals surface area contributed by atoms with E-state index >= 15 is 0 Å². The lowest BCUT2D eigenvalue weighted by Crippen LogP contribution is -2.44. The van der Waals surface area contributed by atoms with Crippen LogP contribution in [0.3, 0.4) is 0 Å². The van der Waals surface area contributed by atoms with Gasteiger partial charge in [0.05, 0.1) is 17.8 Å². The predicted molar refractivity (Wildman–Crippen MR) is 47.1 cm³/mol. The topological polar surface area (TPSA) is 18.5 Å². The number of hydrogen-bond acceptors (Lipinski definition) is 2. The molecule has 2 aliphatic heterocycles. The summed E-state index contributed by atoms with van der Waals surface area (Å²) in [5.41, 5.74) is -0.107. The summed E-state index contributed by atoms with van der Waals surface area (Å²) in [6.45, 7) is 6.38. The summed E-state index contributed by atoms with van der Waals surface area (Å²) >= 11 is 0. The number of hydrogen-bond donors (Lipinski definition) is 0. The standard InChI is InChI=1S/C9H15BO2/c1-4-9-5(2)7(8(10)12-9)11-6(9)3/h5-8H,4H2,1-3H3/t5?,6-,7+,8-,9-/m1/s1. The Morgan fingerprint density at radius 3 is 2.42 bits per heavy atom. The van der Waals surface area contributed by atoms with Crippen molar-refractivity contribution in [3.8, 4) is 0 Å². The first-order valence-electron chi connectivity index (χ1n) is 4.70. The van der Waals surface area contributed by atoms with E-state index in [0.29, 0.717) is 5.92 Å². The third-order valence-electron chi connectivity index (χ3n) is 3.54. The van der Waals surface area contributed by atoms with Gasteiger partial charge in [0.15, 0.2) is 0 Å². The molecule has 2 fully saturated rings. The van der Waals surface area contributed by atoms with Crippen LogP contribution in [0.4, 0.5) is 0 Å². The molecule has 2 radical (unpaired) electrons. The smallest absolute Gasteiger partial charge is 0.112 e. The van der Waals surface area contributed by atoms with Crippen LogP contribution < -0.4 is 0 Å². The number of ether oxygens (including phenoxy) is 2. The van der Waals surface area contributed by atoms with Crippen LogP contribution in [0.25, 0.3) is 0 Å². The van der Waals surface area contributed by atoms with E-state index in [1.807, 2.05) is 0 Å². The van der Waals surface area contributed by atoms with Gasteiger partial charge in [-0.25, -0.2) is 0 Å². The van der Waals surface area contributed by atoms with Gasteiger partial charge in [0.1, 0.15) is 7.85 Å². The summed E-state index contributed by atoms with van der Waals surface area (Å²) in [5, 5.41) is 0. The molecule has 0 N–H and O–H groups in total. The minimum atomic E-state index is -0.212. The van der Waals surface area contributed by atoms with Gasteiger partial charge in [-0.3, -0.25) is 0 Å². The fraction of sp³-hybridized carbons (Fsp3) is 1.00. The summed E-state index contributed by atoms with van der Waals surface area (Å²) in [4.78, 5) is 0. The summed E-state index contributed by atoms with van der Waals surface area (Å²) in [6.07, 6.45) is 1.29. The Hall–Kier alpha value is -0.0151. The van der Waals surface area contributed by atoms with E-state index in [1.54, 1.807) is 0 Å². The molecular formula is C9H15BO2. The van der Waals surface area contributed by atoms with Crippen molar-refractivity contribution >= 4 is 7.85 Å². The van der Waals surface area contributed by atoms with E-state index in [2.05, 4.69) is 20.8 Å². The van der Waals surface area contributed by atoms with Crippen molar-refractivity contribution < 1.29 is 9.47 Å². The van der Waals surface area contributed by atoms with Crippen molar-refractivity contribution in [1.82, 2.24) is 0 Å². The van der Waals surface area contributed by atoms with Crippen molar-refractivity contribution in [3.05, 3.63) is 0 Å². The summed E-state index contributed by atoms with van der Waals surface area (Å²) in [6, 6.07) is -0.212. The quantitative estimate of drug-likeness (QED) is 0.542. The molecule has 0 amide bonds. The molecule has 5 atom stereocenters. The first-order valence-corrected chi connectivity index (χ1v) is 4.70. The number of rotatable bonds is 1. The SMILES string of the molecule is [B][C@@H]1O[C@]2(CC)C(C)[C@@H]1O[C@@H]2C. The van der Waals surface area contributed by atoms with Gasteiger partial charge in [-0.2, -0.15) is 0 Å². The zero-order chi connectivity index (χ0) is 8.93. The van der Waals surface area contributed by atoms with Crippen molar-refractivity contribution in [1.29, 1.82) is 0 Å². The molecule has 0 saturated carbocycles. The van der Waals surface area contributed by atoms with E-state index in [4.69, 9.17) is 17.3 Å². The van der Waals surface area contributed by atoms with Gasteiger partial charge in [0.2, 0.25) is 0 Å². The molecule has 2 bridgehead atoms. The molecule has 2 heterocycles. The van der Waals surface area contributed by atoms with Crippen LogP contribution in [0, 0.1) is 5.92 Å². The molecule has 0 aromatic heterocycles. The highest BCUT2D eigenvalue weighted by molar-refractivity contribution is 6.11. The molecule has 0 aliphatic carbocycles. The maximum absolute atomic E-state index is 5.79. The van der Waals surface area contributed by atoms with E-state index in [0.717, 1.165) is 6.42 Å². The Balaban J connectivity index is 2.30. The van der Waals surface area contributed by atoms with E-state index in [9.17, 15) is 0 Å². The lowest BCUT2D eigenvalue weighted by molar-refractivity contribution is -0.156. The third kappa shape index (κ3) is 0.788.